The molecule has 0 aliphatic carbocycles. The molecular formula is C19H16N4O3S. The predicted molar refractivity (Wildman–Crippen MR) is 103 cm³/mol. The number of carbonyl (C=O) groups excluding carboxylic acids is 2. The van der Waals surface area contributed by atoms with Gasteiger partial charge in [-0.2, -0.15) is 0 Å². The third-order valence-corrected chi connectivity index (χ3v) is 5.02. The third-order valence-electron chi connectivity index (χ3n) is 4.27. The minimum absolute atomic E-state index is 0.0942. The van der Waals surface area contributed by atoms with Crippen molar-refractivity contribution < 1.29 is 14.3 Å². The van der Waals surface area contributed by atoms with Crippen LogP contribution in [0, 0.1) is 0 Å². The van der Waals surface area contributed by atoms with Gasteiger partial charge in [0.05, 0.1) is 11.4 Å². The zero-order valence-electron chi connectivity index (χ0n) is 14.7. The van der Waals surface area contributed by atoms with E-state index in [0.717, 1.165) is 5.56 Å². The number of benzene rings is 1. The lowest BCUT2D eigenvalue weighted by molar-refractivity contribution is -0.125. The Kier molecular flexibility index (Phi) is 4.33. The molecule has 1 aromatic carbocycles. The number of nitrogens with one attached hydrogen (secondary N) is 1. The van der Waals surface area contributed by atoms with E-state index in [0.29, 0.717) is 27.8 Å². The van der Waals surface area contributed by atoms with E-state index in [1.165, 1.54) is 11.3 Å². The number of ether oxygens (including phenoxy) is 1. The quantitative estimate of drug-likeness (QED) is 0.754. The van der Waals surface area contributed by atoms with Gasteiger partial charge in [0.25, 0.3) is 11.8 Å². The first-order valence-electron chi connectivity index (χ1n) is 8.28. The van der Waals surface area contributed by atoms with Crippen LogP contribution in [0.2, 0.25) is 0 Å². The highest BCUT2D eigenvalue weighted by Crippen LogP contribution is 2.37. The molecule has 4 rings (SSSR count). The van der Waals surface area contributed by atoms with Crippen molar-refractivity contribution in [2.24, 2.45) is 0 Å². The molecule has 0 saturated heterocycles. The molecule has 1 aliphatic heterocycles. The number of pyridine rings is 1. The number of hydrogen-bond donors (Lipinski definition) is 1. The van der Waals surface area contributed by atoms with E-state index in [1.807, 2.05) is 23.6 Å². The second-order valence-corrected chi connectivity index (χ2v) is 6.93. The Bertz CT molecular complexity index is 1020. The number of amides is 2. The van der Waals surface area contributed by atoms with Crippen molar-refractivity contribution in [1.82, 2.24) is 9.97 Å². The normalized spacial score (nSPS) is 15.9. The van der Waals surface area contributed by atoms with Crippen molar-refractivity contribution in [1.29, 1.82) is 0 Å². The Hall–Kier alpha value is -3.26. The van der Waals surface area contributed by atoms with Gasteiger partial charge in [-0.05, 0) is 37.3 Å². The van der Waals surface area contributed by atoms with Crippen molar-refractivity contribution in [2.75, 3.05) is 17.3 Å². The topological polar surface area (TPSA) is 84.4 Å². The highest BCUT2D eigenvalue weighted by Gasteiger charge is 2.29. The smallest absolute Gasteiger partial charge is 0.267 e. The van der Waals surface area contributed by atoms with Gasteiger partial charge < -0.3 is 9.64 Å². The molecule has 0 radical (unpaired) electrons. The molecule has 136 valence electrons. The molecule has 8 heteroatoms. The molecule has 1 atom stereocenters. The van der Waals surface area contributed by atoms with Crippen LogP contribution in [0.25, 0.3) is 11.3 Å². The monoisotopic (exact) mass is 380 g/mol. The molecule has 2 aromatic heterocycles. The van der Waals surface area contributed by atoms with Crippen molar-refractivity contribution in [3.63, 3.8) is 0 Å². The molecule has 0 saturated carbocycles. The minimum atomic E-state index is -0.498. The average molecular weight is 380 g/mol. The van der Waals surface area contributed by atoms with Gasteiger partial charge in [0.2, 0.25) is 0 Å². The molecule has 3 heterocycles. The largest absolute Gasteiger partial charge is 0.479 e. The Morgan fingerprint density at radius 3 is 2.81 bits per heavy atom. The van der Waals surface area contributed by atoms with Gasteiger partial charge in [-0.1, -0.05) is 0 Å². The molecule has 2 amide bonds. The van der Waals surface area contributed by atoms with Crippen molar-refractivity contribution in [3.8, 4) is 17.0 Å². The van der Waals surface area contributed by atoms with E-state index >= 15 is 0 Å². The van der Waals surface area contributed by atoms with E-state index in [9.17, 15) is 9.59 Å². The summed E-state index contributed by atoms with van der Waals surface area (Å²) in [5.74, 6) is 0.328. The molecule has 3 aromatic rings. The van der Waals surface area contributed by atoms with Gasteiger partial charge in [-0.15, -0.1) is 11.3 Å². The standard InChI is InChI=1S/C19H16N4O3S/c1-11-18(25)23(2)15-9-13(3-4-16(15)26-11)14-10-27-19(21-14)22-17(24)12-5-7-20-8-6-12/h3-11H,1-2H3,(H,21,22,24)/t11-/m1/s1. The van der Waals surface area contributed by atoms with Crippen molar-refractivity contribution >= 4 is 34.0 Å². The van der Waals surface area contributed by atoms with Crippen LogP contribution < -0.4 is 15.0 Å². The van der Waals surface area contributed by atoms with Crippen LogP contribution in [0.5, 0.6) is 5.75 Å². The number of nitrogens with zero attached hydrogens (tertiary/aromatic N) is 3. The third kappa shape index (κ3) is 3.26. The van der Waals surface area contributed by atoms with E-state index in [1.54, 1.807) is 43.4 Å². The summed E-state index contributed by atoms with van der Waals surface area (Å²) in [4.78, 5) is 34.3. The maximum atomic E-state index is 12.2. The van der Waals surface area contributed by atoms with Gasteiger partial charge in [0, 0.05) is 35.9 Å². The number of fused-ring (bicyclic) bond motifs is 1. The molecule has 0 spiro atoms. The second-order valence-electron chi connectivity index (χ2n) is 6.07. The first kappa shape index (κ1) is 17.2. The summed E-state index contributed by atoms with van der Waals surface area (Å²) in [6.45, 7) is 1.73. The SMILES string of the molecule is C[C@H]1Oc2ccc(-c3csc(NC(=O)c4ccncc4)n3)cc2N(C)C1=O. The second kappa shape index (κ2) is 6.81. The minimum Gasteiger partial charge on any atom is -0.479 e. The number of carbonyl (C=O) groups is 2. The fourth-order valence-corrected chi connectivity index (χ4v) is 3.52. The lowest BCUT2D eigenvalue weighted by Gasteiger charge is -2.30. The van der Waals surface area contributed by atoms with Gasteiger partial charge in [-0.25, -0.2) is 4.98 Å². The van der Waals surface area contributed by atoms with E-state index in [2.05, 4.69) is 15.3 Å². The van der Waals surface area contributed by atoms with Gasteiger partial charge >= 0.3 is 0 Å². The Morgan fingerprint density at radius 2 is 2.04 bits per heavy atom. The van der Waals surface area contributed by atoms with Crippen LogP contribution >= 0.6 is 11.3 Å². The van der Waals surface area contributed by atoms with E-state index in [4.69, 9.17) is 4.74 Å². The van der Waals surface area contributed by atoms with Crippen LogP contribution in [0.15, 0.2) is 48.1 Å². The Labute approximate surface area is 159 Å². The number of likely N-dealkylation sites (N-methyl/N-ethyl adjacent to an activating group) is 1. The zero-order valence-corrected chi connectivity index (χ0v) is 15.5. The maximum Gasteiger partial charge on any atom is 0.267 e. The zero-order chi connectivity index (χ0) is 19.0. The van der Waals surface area contributed by atoms with Crippen LogP contribution in [0.3, 0.4) is 0 Å². The van der Waals surface area contributed by atoms with Gasteiger partial charge in [-0.3, -0.25) is 19.9 Å². The molecule has 0 fully saturated rings. The molecule has 1 N–H and O–H groups in total. The number of anilines is 2. The molecule has 0 unspecified atom stereocenters. The summed E-state index contributed by atoms with van der Waals surface area (Å²) >= 11 is 1.34. The van der Waals surface area contributed by atoms with Gasteiger partial charge in [0.1, 0.15) is 5.75 Å². The Balaban J connectivity index is 1.57. The number of hydrogen-bond acceptors (Lipinski definition) is 6. The predicted octanol–water partition coefficient (Wildman–Crippen LogP) is 3.20. The lowest BCUT2D eigenvalue weighted by atomic mass is 10.1. The lowest BCUT2D eigenvalue weighted by Crippen LogP contribution is -2.41. The maximum absolute atomic E-state index is 12.2. The van der Waals surface area contributed by atoms with Crippen LogP contribution in [-0.2, 0) is 4.79 Å². The highest BCUT2D eigenvalue weighted by atomic mass is 32.1. The molecule has 0 bridgehead atoms. The number of thiazole rings is 1. The summed E-state index contributed by atoms with van der Waals surface area (Å²) in [5, 5.41) is 5.14. The van der Waals surface area contributed by atoms with Crippen LogP contribution in [-0.4, -0.2) is 34.9 Å². The van der Waals surface area contributed by atoms with E-state index in [-0.39, 0.29) is 11.8 Å². The summed E-state index contributed by atoms with van der Waals surface area (Å²) in [7, 11) is 1.73. The molecule has 7 nitrogen and oxygen atoms in total. The summed E-state index contributed by atoms with van der Waals surface area (Å²) in [6, 6.07) is 8.86. The molecule has 27 heavy (non-hydrogen) atoms. The fourth-order valence-electron chi connectivity index (χ4n) is 2.81. The highest BCUT2D eigenvalue weighted by molar-refractivity contribution is 7.14. The van der Waals surface area contributed by atoms with Crippen LogP contribution in [0.4, 0.5) is 10.8 Å². The Morgan fingerprint density at radius 1 is 1.26 bits per heavy atom. The van der Waals surface area contributed by atoms with Crippen molar-refractivity contribution in [3.05, 3.63) is 53.7 Å². The van der Waals surface area contributed by atoms with E-state index < -0.39 is 6.10 Å². The average Bonchev–Trinajstić information content (AvgIpc) is 3.15. The number of rotatable bonds is 3. The first-order chi connectivity index (χ1) is 13.0. The molecular weight excluding hydrogens is 364 g/mol. The summed E-state index contributed by atoms with van der Waals surface area (Å²) in [5.41, 5.74) is 2.77. The first-order valence-corrected chi connectivity index (χ1v) is 9.16. The molecule has 1 aliphatic rings. The van der Waals surface area contributed by atoms with Gasteiger partial charge in [0.15, 0.2) is 11.2 Å². The fraction of sp³-hybridized carbons (Fsp3) is 0.158. The number of aromatic nitrogens is 2. The summed E-state index contributed by atoms with van der Waals surface area (Å²) < 4.78 is 5.64. The van der Waals surface area contributed by atoms with Crippen molar-refractivity contribution in [2.45, 2.75) is 13.0 Å². The summed E-state index contributed by atoms with van der Waals surface area (Å²) in [6.07, 6.45) is 2.63. The van der Waals surface area contributed by atoms with Crippen LogP contribution in [0.1, 0.15) is 17.3 Å².